The first-order chi connectivity index (χ1) is 16.9. The molecule has 35 heavy (non-hydrogen) atoms. The Morgan fingerprint density at radius 1 is 1.29 bits per heavy atom. The molecule has 5 rings (SSSR count). The molecule has 0 unspecified atom stereocenters. The number of fused-ring (bicyclic) bond motifs is 5. The third-order valence-electron chi connectivity index (χ3n) is 7.32. The molecule has 1 aromatic carbocycles. The molecule has 4 heterocycles. The Labute approximate surface area is 208 Å². The Hall–Kier alpha value is -3.15. The highest BCUT2D eigenvalue weighted by molar-refractivity contribution is 6.30. The van der Waals surface area contributed by atoms with Gasteiger partial charge >= 0.3 is 0 Å². The van der Waals surface area contributed by atoms with Gasteiger partial charge in [0.05, 0.1) is 16.6 Å². The van der Waals surface area contributed by atoms with Crippen LogP contribution in [0.4, 0.5) is 10.1 Å². The van der Waals surface area contributed by atoms with E-state index in [-0.39, 0.29) is 34.5 Å². The second kappa shape index (κ2) is 9.14. The summed E-state index contributed by atoms with van der Waals surface area (Å²) in [6.45, 7) is 5.97. The van der Waals surface area contributed by atoms with Gasteiger partial charge in [-0.3, -0.25) is 9.69 Å². The van der Waals surface area contributed by atoms with Crippen molar-refractivity contribution in [3.05, 3.63) is 62.8 Å². The van der Waals surface area contributed by atoms with Gasteiger partial charge in [-0.25, -0.2) is 9.37 Å². The van der Waals surface area contributed by atoms with Crippen molar-refractivity contribution in [1.82, 2.24) is 14.5 Å². The van der Waals surface area contributed by atoms with Crippen molar-refractivity contribution in [1.29, 1.82) is 5.26 Å². The molecule has 2 aromatic heterocycles. The normalized spacial score (nSPS) is 20.6. The van der Waals surface area contributed by atoms with E-state index in [1.165, 1.54) is 10.6 Å². The van der Waals surface area contributed by atoms with Gasteiger partial charge in [0.2, 0.25) is 5.75 Å². The van der Waals surface area contributed by atoms with E-state index in [1.807, 2.05) is 6.07 Å². The summed E-state index contributed by atoms with van der Waals surface area (Å²) in [7, 11) is 1.69. The van der Waals surface area contributed by atoms with E-state index in [4.69, 9.17) is 16.3 Å². The standard InChI is InChI=1S/C26H27ClFN5O2/c1-4-17-12-33-18(13-32(17)21(5-2)15-6-8-19(27)20(28)10-15)14-35-25-24(33)23-22(31(3)26(25)34)9-7-16(11-29)30-23/h6-10,17-18,21H,4-5,12-14H2,1-3H3/t17-,18+,21-/m1/s1. The van der Waals surface area contributed by atoms with Crippen LogP contribution in [0.15, 0.2) is 35.1 Å². The summed E-state index contributed by atoms with van der Waals surface area (Å²) < 4.78 is 21.9. The smallest absolute Gasteiger partial charge is 0.295 e. The number of benzene rings is 1. The lowest BCUT2D eigenvalue weighted by Gasteiger charge is -2.51. The van der Waals surface area contributed by atoms with Crippen LogP contribution < -0.4 is 15.2 Å². The van der Waals surface area contributed by atoms with Gasteiger partial charge in [-0.05, 0) is 42.7 Å². The second-order valence-electron chi connectivity index (χ2n) is 9.19. The van der Waals surface area contributed by atoms with Crippen LogP contribution in [0.1, 0.15) is 44.0 Å². The van der Waals surface area contributed by atoms with Crippen LogP contribution in [0.2, 0.25) is 5.02 Å². The Morgan fingerprint density at radius 3 is 2.77 bits per heavy atom. The maximum atomic E-state index is 14.3. The molecular weight excluding hydrogens is 469 g/mol. The third kappa shape index (κ3) is 3.83. The molecule has 2 aliphatic rings. The van der Waals surface area contributed by atoms with E-state index >= 15 is 0 Å². The molecule has 9 heteroatoms. The molecule has 0 spiro atoms. The quantitative estimate of drug-likeness (QED) is 0.533. The van der Waals surface area contributed by atoms with E-state index in [0.717, 1.165) is 18.4 Å². The highest BCUT2D eigenvalue weighted by Gasteiger charge is 2.42. The number of aromatic nitrogens is 2. The minimum atomic E-state index is -0.411. The number of nitriles is 1. The minimum absolute atomic E-state index is 0.0145. The monoisotopic (exact) mass is 495 g/mol. The number of nitrogens with zero attached hydrogens (tertiary/aromatic N) is 5. The number of aryl methyl sites for hydroxylation is 1. The molecule has 0 bridgehead atoms. The molecule has 0 radical (unpaired) electrons. The van der Waals surface area contributed by atoms with Crippen molar-refractivity contribution in [2.45, 2.75) is 44.8 Å². The fraction of sp³-hybridized carbons (Fsp3) is 0.423. The number of anilines is 1. The van der Waals surface area contributed by atoms with Gasteiger partial charge in [-0.1, -0.05) is 31.5 Å². The van der Waals surface area contributed by atoms with Crippen LogP contribution >= 0.6 is 11.6 Å². The summed E-state index contributed by atoms with van der Waals surface area (Å²) in [5, 5.41) is 9.56. The van der Waals surface area contributed by atoms with Crippen molar-refractivity contribution in [2.24, 2.45) is 7.05 Å². The van der Waals surface area contributed by atoms with Gasteiger partial charge < -0.3 is 14.2 Å². The number of hydrogen-bond donors (Lipinski definition) is 0. The fourth-order valence-corrected chi connectivity index (χ4v) is 5.64. The molecule has 7 nitrogen and oxygen atoms in total. The predicted molar refractivity (Wildman–Crippen MR) is 134 cm³/mol. The van der Waals surface area contributed by atoms with Crippen LogP contribution in [0.25, 0.3) is 11.0 Å². The number of pyridine rings is 2. The van der Waals surface area contributed by atoms with Crippen molar-refractivity contribution >= 4 is 28.3 Å². The molecule has 3 aromatic rings. The Balaban J connectivity index is 1.58. The summed E-state index contributed by atoms with van der Waals surface area (Å²) in [6.07, 6.45) is 1.70. The van der Waals surface area contributed by atoms with E-state index in [1.54, 1.807) is 25.2 Å². The van der Waals surface area contributed by atoms with Gasteiger partial charge in [0.25, 0.3) is 5.56 Å². The zero-order valence-corrected chi connectivity index (χ0v) is 20.7. The van der Waals surface area contributed by atoms with Crippen molar-refractivity contribution < 1.29 is 9.13 Å². The maximum absolute atomic E-state index is 14.3. The van der Waals surface area contributed by atoms with Gasteiger partial charge in [0.15, 0.2) is 0 Å². The van der Waals surface area contributed by atoms with Crippen molar-refractivity contribution in [2.75, 3.05) is 24.6 Å². The predicted octanol–water partition coefficient (Wildman–Crippen LogP) is 4.41. The largest absolute Gasteiger partial charge is 0.484 e. The van der Waals surface area contributed by atoms with E-state index in [9.17, 15) is 14.4 Å². The molecule has 3 atom stereocenters. The lowest BCUT2D eigenvalue weighted by atomic mass is 9.94. The highest BCUT2D eigenvalue weighted by Crippen LogP contribution is 2.41. The lowest BCUT2D eigenvalue weighted by Crippen LogP contribution is -2.62. The summed E-state index contributed by atoms with van der Waals surface area (Å²) in [6, 6.07) is 10.7. The number of hydrogen-bond acceptors (Lipinski definition) is 6. The molecule has 182 valence electrons. The summed E-state index contributed by atoms with van der Waals surface area (Å²) in [4.78, 5) is 22.4. The minimum Gasteiger partial charge on any atom is -0.484 e. The number of rotatable bonds is 4. The van der Waals surface area contributed by atoms with E-state index in [0.29, 0.717) is 42.1 Å². The Morgan fingerprint density at radius 2 is 2.09 bits per heavy atom. The van der Waals surface area contributed by atoms with Crippen LogP contribution in [-0.2, 0) is 7.05 Å². The third-order valence-corrected chi connectivity index (χ3v) is 7.63. The molecule has 2 aliphatic heterocycles. The average Bonchev–Trinajstić information content (AvgIpc) is 2.88. The first-order valence-electron chi connectivity index (χ1n) is 11.9. The van der Waals surface area contributed by atoms with Gasteiger partial charge in [-0.15, -0.1) is 0 Å². The van der Waals surface area contributed by atoms with Crippen LogP contribution in [0, 0.1) is 17.1 Å². The first-order valence-corrected chi connectivity index (χ1v) is 12.3. The molecule has 0 aliphatic carbocycles. The van der Waals surface area contributed by atoms with E-state index in [2.05, 4.69) is 34.7 Å². The van der Waals surface area contributed by atoms with Crippen LogP contribution in [0.5, 0.6) is 5.75 Å². The Kier molecular flexibility index (Phi) is 6.16. The summed E-state index contributed by atoms with van der Waals surface area (Å²) in [5.74, 6) is -0.125. The molecule has 1 saturated heterocycles. The average molecular weight is 496 g/mol. The fourth-order valence-electron chi connectivity index (χ4n) is 5.52. The number of piperazine rings is 1. The topological polar surface area (TPSA) is 74.4 Å². The van der Waals surface area contributed by atoms with Crippen molar-refractivity contribution in [3.8, 4) is 11.8 Å². The summed E-state index contributed by atoms with van der Waals surface area (Å²) >= 11 is 5.94. The zero-order valence-electron chi connectivity index (χ0n) is 20.0. The Bertz CT molecular complexity index is 1400. The molecule has 0 saturated carbocycles. The molecule has 0 amide bonds. The van der Waals surface area contributed by atoms with Crippen LogP contribution in [-0.4, -0.2) is 46.2 Å². The van der Waals surface area contributed by atoms with Crippen molar-refractivity contribution in [3.63, 3.8) is 0 Å². The zero-order chi connectivity index (χ0) is 24.9. The van der Waals surface area contributed by atoms with E-state index < -0.39 is 5.82 Å². The second-order valence-corrected chi connectivity index (χ2v) is 9.60. The number of ether oxygens (including phenoxy) is 1. The first kappa shape index (κ1) is 23.6. The summed E-state index contributed by atoms with van der Waals surface area (Å²) in [5.41, 5.74) is 2.91. The van der Waals surface area contributed by atoms with Gasteiger partial charge in [-0.2, -0.15) is 5.26 Å². The lowest BCUT2D eigenvalue weighted by molar-refractivity contribution is 0.0719. The van der Waals surface area contributed by atoms with Crippen LogP contribution in [0.3, 0.4) is 0 Å². The molecule has 1 fully saturated rings. The highest BCUT2D eigenvalue weighted by atomic mass is 35.5. The number of halogens is 2. The molecular formula is C26H27ClFN5O2. The SMILES string of the molecule is CC[C@@H]1CN2c3c(c(=O)n(C)c4ccc(C#N)nc34)OC[C@@H]2CN1[C@H](CC)c1ccc(Cl)c(F)c1. The van der Waals surface area contributed by atoms with Gasteiger partial charge in [0, 0.05) is 32.2 Å². The molecule has 0 N–H and O–H groups in total. The van der Waals surface area contributed by atoms with Gasteiger partial charge in [0.1, 0.15) is 35.4 Å². The maximum Gasteiger partial charge on any atom is 0.295 e.